The van der Waals surface area contributed by atoms with Crippen LogP contribution in [0.5, 0.6) is 5.75 Å². The van der Waals surface area contributed by atoms with Gasteiger partial charge in [0.1, 0.15) is 23.1 Å². The zero-order valence-corrected chi connectivity index (χ0v) is 19.2. The number of ether oxygens (including phenoxy) is 2. The first-order valence-corrected chi connectivity index (χ1v) is 10.9. The molecule has 7 nitrogen and oxygen atoms in total. The third-order valence-corrected chi connectivity index (χ3v) is 5.49. The van der Waals surface area contributed by atoms with Gasteiger partial charge in [-0.1, -0.05) is 24.3 Å². The Hall–Kier alpha value is -3.39. The summed E-state index contributed by atoms with van der Waals surface area (Å²) in [5.41, 5.74) is 1.31. The number of nitrogens with one attached hydrogen (secondary N) is 1. The number of amides is 1. The average molecular weight is 455 g/mol. The van der Waals surface area contributed by atoms with Crippen LogP contribution in [0.3, 0.4) is 0 Å². The van der Waals surface area contributed by atoms with Crippen molar-refractivity contribution in [2.24, 2.45) is 4.99 Å². The number of benzene rings is 2. The molecule has 1 heterocycles. The number of phenolic OH excluding ortho intramolecular Hbond substituents is 1. The van der Waals surface area contributed by atoms with Gasteiger partial charge in [-0.25, -0.2) is 9.59 Å². The molecule has 0 aliphatic heterocycles. The van der Waals surface area contributed by atoms with Gasteiger partial charge in [-0.05, 0) is 44.5 Å². The van der Waals surface area contributed by atoms with Crippen LogP contribution in [0.2, 0.25) is 0 Å². The van der Waals surface area contributed by atoms with E-state index in [1.165, 1.54) is 13.2 Å². The molecule has 0 spiro atoms. The summed E-state index contributed by atoms with van der Waals surface area (Å²) < 4.78 is 11.2. The number of phenols is 1. The Morgan fingerprint density at radius 2 is 1.97 bits per heavy atom. The van der Waals surface area contributed by atoms with E-state index in [4.69, 9.17) is 9.47 Å². The fraction of sp³-hybridized carbons (Fsp3) is 0.292. The van der Waals surface area contributed by atoms with Crippen LogP contribution in [0.25, 0.3) is 10.1 Å². The Morgan fingerprint density at radius 3 is 2.69 bits per heavy atom. The first-order chi connectivity index (χ1) is 15.2. The van der Waals surface area contributed by atoms with Crippen molar-refractivity contribution in [3.05, 3.63) is 59.0 Å². The lowest BCUT2D eigenvalue weighted by Gasteiger charge is -2.22. The van der Waals surface area contributed by atoms with Gasteiger partial charge < -0.3 is 19.9 Å². The molecule has 32 heavy (non-hydrogen) atoms. The number of hydrogen-bond donors (Lipinski definition) is 2. The minimum Gasteiger partial charge on any atom is -0.506 e. The molecule has 2 aromatic carbocycles. The molecule has 168 valence electrons. The van der Waals surface area contributed by atoms with Gasteiger partial charge in [-0.3, -0.25) is 4.99 Å². The number of alkyl carbamates (subject to hydrolysis) is 1. The number of esters is 1. The number of methoxy groups -OCH3 is 1. The quantitative estimate of drug-likeness (QED) is 0.405. The summed E-state index contributed by atoms with van der Waals surface area (Å²) in [5, 5.41) is 15.9. The molecule has 0 aliphatic carbocycles. The zero-order chi connectivity index (χ0) is 23.3. The lowest BCUT2D eigenvalue weighted by Crippen LogP contribution is -2.45. The second-order valence-corrected chi connectivity index (χ2v) is 9.11. The van der Waals surface area contributed by atoms with Gasteiger partial charge in [0, 0.05) is 33.7 Å². The molecule has 0 radical (unpaired) electrons. The molecule has 0 fully saturated rings. The highest BCUT2D eigenvalue weighted by Crippen LogP contribution is 2.29. The highest BCUT2D eigenvalue weighted by atomic mass is 32.1. The van der Waals surface area contributed by atoms with E-state index in [-0.39, 0.29) is 12.2 Å². The number of carbonyl (C=O) groups excluding carboxylic acids is 2. The van der Waals surface area contributed by atoms with Gasteiger partial charge in [0.05, 0.1) is 7.11 Å². The normalized spacial score (nSPS) is 12.6. The summed E-state index contributed by atoms with van der Waals surface area (Å²) in [4.78, 5) is 28.8. The van der Waals surface area contributed by atoms with Crippen LogP contribution in [-0.4, -0.2) is 42.1 Å². The van der Waals surface area contributed by atoms with Crippen molar-refractivity contribution in [1.29, 1.82) is 0 Å². The Balaban J connectivity index is 1.79. The van der Waals surface area contributed by atoms with Crippen LogP contribution in [-0.2, 0) is 20.7 Å². The fourth-order valence-electron chi connectivity index (χ4n) is 3.06. The number of thiophene rings is 1. The Bertz CT molecular complexity index is 1150. The first kappa shape index (κ1) is 23.3. The summed E-state index contributed by atoms with van der Waals surface area (Å²) in [6, 6.07) is 11.9. The molecule has 0 saturated heterocycles. The van der Waals surface area contributed by atoms with Crippen molar-refractivity contribution in [2.75, 3.05) is 7.11 Å². The number of hydrogen-bond acceptors (Lipinski definition) is 7. The summed E-state index contributed by atoms with van der Waals surface area (Å²) in [5.74, 6) is -0.585. The van der Waals surface area contributed by atoms with Crippen molar-refractivity contribution < 1.29 is 24.2 Å². The highest BCUT2D eigenvalue weighted by Gasteiger charge is 2.25. The topological polar surface area (TPSA) is 97.2 Å². The molecular formula is C24H26N2O5S. The summed E-state index contributed by atoms with van der Waals surface area (Å²) >= 11 is 1.62. The van der Waals surface area contributed by atoms with Crippen molar-refractivity contribution in [1.82, 2.24) is 5.32 Å². The average Bonchev–Trinajstić information content (AvgIpc) is 3.14. The minimum absolute atomic E-state index is 0.0132. The van der Waals surface area contributed by atoms with Gasteiger partial charge in [-0.2, -0.15) is 0 Å². The fourth-order valence-corrected chi connectivity index (χ4v) is 3.97. The Labute approximate surface area is 190 Å². The van der Waals surface area contributed by atoms with E-state index in [1.54, 1.807) is 50.5 Å². The van der Waals surface area contributed by atoms with Crippen molar-refractivity contribution in [2.45, 2.75) is 38.8 Å². The van der Waals surface area contributed by atoms with E-state index in [2.05, 4.69) is 10.3 Å². The lowest BCUT2D eigenvalue weighted by atomic mass is 10.0. The third-order valence-electron chi connectivity index (χ3n) is 4.51. The van der Waals surface area contributed by atoms with E-state index in [0.29, 0.717) is 11.3 Å². The number of aliphatic imine (C=N–C) groups is 1. The highest BCUT2D eigenvalue weighted by molar-refractivity contribution is 7.17. The SMILES string of the molecule is COC(=O)[C@H](Cc1ccc(O)c(N=Cc2csc3ccccc23)c1)NC(=O)OC(C)(C)C. The molecule has 1 atom stereocenters. The minimum atomic E-state index is -0.947. The van der Waals surface area contributed by atoms with E-state index >= 15 is 0 Å². The molecule has 0 unspecified atom stereocenters. The maximum Gasteiger partial charge on any atom is 0.408 e. The lowest BCUT2D eigenvalue weighted by molar-refractivity contribution is -0.143. The van der Waals surface area contributed by atoms with Gasteiger partial charge in [0.2, 0.25) is 0 Å². The van der Waals surface area contributed by atoms with Gasteiger partial charge >= 0.3 is 12.1 Å². The number of aromatic hydroxyl groups is 1. The number of nitrogens with zero attached hydrogens (tertiary/aromatic N) is 1. The molecule has 0 bridgehead atoms. The molecule has 0 saturated carbocycles. The van der Waals surface area contributed by atoms with E-state index < -0.39 is 23.7 Å². The maximum absolute atomic E-state index is 12.2. The number of carbonyl (C=O) groups is 2. The van der Waals surface area contributed by atoms with Crippen LogP contribution in [0.15, 0.2) is 52.8 Å². The predicted octanol–water partition coefficient (Wildman–Crippen LogP) is 4.97. The molecule has 8 heteroatoms. The van der Waals surface area contributed by atoms with Crippen LogP contribution in [0.1, 0.15) is 31.9 Å². The molecule has 1 aromatic heterocycles. The summed E-state index contributed by atoms with van der Waals surface area (Å²) in [6.45, 7) is 5.21. The first-order valence-electron chi connectivity index (χ1n) is 10.1. The number of fused-ring (bicyclic) bond motifs is 1. The summed E-state index contributed by atoms with van der Waals surface area (Å²) in [6.07, 6.45) is 1.14. The van der Waals surface area contributed by atoms with Crippen LogP contribution < -0.4 is 5.32 Å². The van der Waals surface area contributed by atoms with Crippen LogP contribution in [0.4, 0.5) is 10.5 Å². The molecule has 2 N–H and O–H groups in total. The van der Waals surface area contributed by atoms with Crippen molar-refractivity contribution in [3.63, 3.8) is 0 Å². The molecular weight excluding hydrogens is 428 g/mol. The van der Waals surface area contributed by atoms with Gasteiger partial charge in [0.15, 0.2) is 0 Å². The van der Waals surface area contributed by atoms with E-state index in [1.807, 2.05) is 29.6 Å². The van der Waals surface area contributed by atoms with E-state index in [0.717, 1.165) is 15.6 Å². The molecule has 3 rings (SSSR count). The number of rotatable bonds is 6. The second kappa shape index (κ2) is 9.82. The largest absolute Gasteiger partial charge is 0.506 e. The monoisotopic (exact) mass is 454 g/mol. The standard InChI is InChI=1S/C24H26N2O5S/c1-24(2,3)31-23(29)26-19(22(28)30-4)12-15-9-10-20(27)18(11-15)25-13-16-14-32-21-8-6-5-7-17(16)21/h5-11,13-14,19,27H,12H2,1-4H3,(H,26,29)/t19-/m0/s1. The van der Waals surface area contributed by atoms with Crippen molar-refractivity contribution in [3.8, 4) is 5.75 Å². The predicted molar refractivity (Wildman–Crippen MR) is 126 cm³/mol. The van der Waals surface area contributed by atoms with Crippen LogP contribution >= 0.6 is 11.3 Å². The molecule has 0 aliphatic rings. The smallest absolute Gasteiger partial charge is 0.408 e. The Morgan fingerprint density at radius 1 is 1.22 bits per heavy atom. The van der Waals surface area contributed by atoms with Crippen molar-refractivity contribution >= 4 is 45.4 Å². The third kappa shape index (κ3) is 6.07. The van der Waals surface area contributed by atoms with Gasteiger partial charge in [0.25, 0.3) is 0 Å². The van der Waals surface area contributed by atoms with Gasteiger partial charge in [-0.15, -0.1) is 11.3 Å². The summed E-state index contributed by atoms with van der Waals surface area (Å²) in [7, 11) is 1.25. The Kier molecular flexibility index (Phi) is 7.15. The zero-order valence-electron chi connectivity index (χ0n) is 18.4. The molecule has 1 amide bonds. The maximum atomic E-state index is 12.2. The van der Waals surface area contributed by atoms with E-state index in [9.17, 15) is 14.7 Å². The van der Waals surface area contributed by atoms with Crippen LogP contribution in [0, 0.1) is 0 Å². The second-order valence-electron chi connectivity index (χ2n) is 8.19. The molecule has 3 aromatic rings.